The minimum Gasteiger partial charge on any atom is -0.480 e. The number of aliphatic carboxylic acids is 1. The zero-order valence-corrected chi connectivity index (χ0v) is 32.0. The molecule has 9 unspecified atom stereocenters. The highest BCUT2D eigenvalue weighted by Crippen LogP contribution is 2.68. The molecule has 4 aliphatic carbocycles. The van der Waals surface area contributed by atoms with Crippen LogP contribution >= 0.6 is 0 Å². The van der Waals surface area contributed by atoms with Gasteiger partial charge in [-0.05, 0) is 143 Å². The number of ether oxygens (including phenoxy) is 1. The van der Waals surface area contributed by atoms with Crippen LogP contribution in [-0.2, 0) is 19.1 Å². The van der Waals surface area contributed by atoms with Crippen LogP contribution in [0.25, 0.3) is 0 Å². The molecule has 0 aromatic rings. The molecule has 0 heterocycles. The molecule has 6 heteroatoms. The third-order valence-corrected chi connectivity index (χ3v) is 14.3. The number of nitrogens with one attached hydrogen (secondary N) is 1. The lowest BCUT2D eigenvalue weighted by Gasteiger charge is -2.61. The molecule has 4 rings (SSSR count). The Morgan fingerprint density at radius 3 is 2.16 bits per heavy atom. The molecule has 49 heavy (non-hydrogen) atoms. The van der Waals surface area contributed by atoms with E-state index in [0.717, 1.165) is 49.9 Å². The first-order valence-electron chi connectivity index (χ1n) is 20.9. The number of amides is 1. The highest BCUT2D eigenvalue weighted by Gasteiger charge is 2.60. The first-order valence-corrected chi connectivity index (χ1v) is 20.9. The smallest absolute Gasteiger partial charge is 0.322 e. The first kappa shape index (κ1) is 39.9. The largest absolute Gasteiger partial charge is 0.480 e. The van der Waals surface area contributed by atoms with Crippen molar-refractivity contribution in [3.05, 3.63) is 12.2 Å². The van der Waals surface area contributed by atoms with Gasteiger partial charge in [-0.3, -0.25) is 14.4 Å². The number of carbonyl (C=O) groups excluding carboxylic acids is 2. The molecule has 0 aromatic carbocycles. The van der Waals surface area contributed by atoms with Crippen LogP contribution < -0.4 is 5.32 Å². The summed E-state index contributed by atoms with van der Waals surface area (Å²) in [6.45, 7) is 9.45. The maximum atomic E-state index is 12.8. The van der Waals surface area contributed by atoms with E-state index in [0.29, 0.717) is 41.4 Å². The van der Waals surface area contributed by atoms with Gasteiger partial charge in [0.05, 0.1) is 0 Å². The van der Waals surface area contributed by atoms with E-state index >= 15 is 0 Å². The van der Waals surface area contributed by atoms with Crippen molar-refractivity contribution in [3.8, 4) is 0 Å². The first-order chi connectivity index (χ1) is 23.6. The third-order valence-electron chi connectivity index (χ3n) is 14.3. The predicted octanol–water partition coefficient (Wildman–Crippen LogP) is 10.8. The number of rotatable bonds is 21. The van der Waals surface area contributed by atoms with E-state index in [1.54, 1.807) is 0 Å². The summed E-state index contributed by atoms with van der Waals surface area (Å²) < 4.78 is 6.12. The Kier molecular flexibility index (Phi) is 16.0. The molecule has 0 aromatic heterocycles. The number of carbonyl (C=O) groups is 3. The molecule has 0 saturated heterocycles. The molecule has 0 spiro atoms. The number of hydrogen-bond acceptors (Lipinski definition) is 4. The second kappa shape index (κ2) is 19.7. The van der Waals surface area contributed by atoms with Gasteiger partial charge >= 0.3 is 11.9 Å². The van der Waals surface area contributed by atoms with Gasteiger partial charge < -0.3 is 15.2 Å². The number of hydrogen-bond donors (Lipinski definition) is 2. The summed E-state index contributed by atoms with van der Waals surface area (Å²) >= 11 is 0. The van der Waals surface area contributed by atoms with E-state index < -0.39 is 5.97 Å². The fraction of sp³-hybridized carbons (Fsp3) is 0.884. The molecule has 0 radical (unpaired) electrons. The Morgan fingerprint density at radius 1 is 0.796 bits per heavy atom. The second-order valence-corrected chi connectivity index (χ2v) is 17.4. The van der Waals surface area contributed by atoms with Gasteiger partial charge in [0.15, 0.2) is 0 Å². The average molecular weight is 684 g/mol. The van der Waals surface area contributed by atoms with Crippen LogP contribution in [0.3, 0.4) is 0 Å². The van der Waals surface area contributed by atoms with Crippen molar-refractivity contribution in [3.63, 3.8) is 0 Å². The van der Waals surface area contributed by atoms with Gasteiger partial charge in [0.1, 0.15) is 12.6 Å². The average Bonchev–Trinajstić information content (AvgIpc) is 3.44. The van der Waals surface area contributed by atoms with Crippen molar-refractivity contribution in [1.82, 2.24) is 5.32 Å². The third kappa shape index (κ3) is 11.1. The molecular formula is C43H73NO5. The van der Waals surface area contributed by atoms with Crippen molar-refractivity contribution >= 4 is 17.8 Å². The lowest BCUT2D eigenvalue weighted by Crippen LogP contribution is -2.54. The molecule has 0 bridgehead atoms. The van der Waals surface area contributed by atoms with Gasteiger partial charge in [-0.15, -0.1) is 0 Å². The summed E-state index contributed by atoms with van der Waals surface area (Å²) in [6, 6.07) is 0. The Morgan fingerprint density at radius 2 is 1.45 bits per heavy atom. The molecule has 4 fully saturated rings. The lowest BCUT2D eigenvalue weighted by atomic mass is 9.44. The van der Waals surface area contributed by atoms with E-state index in [9.17, 15) is 14.4 Å². The number of esters is 1. The van der Waals surface area contributed by atoms with E-state index in [-0.39, 0.29) is 24.5 Å². The Labute approximate surface area is 299 Å². The van der Waals surface area contributed by atoms with Gasteiger partial charge in [0, 0.05) is 12.8 Å². The van der Waals surface area contributed by atoms with E-state index in [1.807, 2.05) is 0 Å². The van der Waals surface area contributed by atoms with Crippen molar-refractivity contribution in [2.24, 2.45) is 46.3 Å². The quantitative estimate of drug-likeness (QED) is 0.0713. The van der Waals surface area contributed by atoms with Crippen molar-refractivity contribution in [2.75, 3.05) is 6.54 Å². The number of carboxylic acids is 1. The Hall–Kier alpha value is -1.85. The van der Waals surface area contributed by atoms with Crippen molar-refractivity contribution < 1.29 is 24.2 Å². The molecular weight excluding hydrogens is 610 g/mol. The van der Waals surface area contributed by atoms with Crippen LogP contribution in [0.1, 0.15) is 182 Å². The zero-order chi connectivity index (χ0) is 35.3. The molecule has 280 valence electrons. The van der Waals surface area contributed by atoms with Crippen LogP contribution in [0, 0.1) is 46.3 Å². The zero-order valence-electron chi connectivity index (χ0n) is 32.0. The number of allylic oxidation sites excluding steroid dienone is 2. The summed E-state index contributed by atoms with van der Waals surface area (Å²) in [5.41, 5.74) is 0.710. The van der Waals surface area contributed by atoms with E-state index in [2.05, 4.69) is 45.2 Å². The van der Waals surface area contributed by atoms with Gasteiger partial charge in [0.2, 0.25) is 5.91 Å². The molecule has 1 amide bonds. The van der Waals surface area contributed by atoms with Crippen LogP contribution in [0.5, 0.6) is 0 Å². The number of fused-ring (bicyclic) bond motifs is 5. The Bertz CT molecular complexity index is 1070. The molecule has 2 N–H and O–H groups in total. The van der Waals surface area contributed by atoms with Crippen molar-refractivity contribution in [1.29, 1.82) is 0 Å². The molecule has 9 atom stereocenters. The SMILES string of the molecule is CCCCCCC/C=C\CCCCCCCC(=O)OC1CCC2(C)C(CCC3C2CCC2(C)C(C(C)CCC(=O)NCC(=O)O)CCC32)C1. The molecule has 6 nitrogen and oxygen atoms in total. The number of unbranched alkanes of at least 4 members (excludes halogenated alkanes) is 10. The summed E-state index contributed by atoms with van der Waals surface area (Å²) in [4.78, 5) is 35.8. The summed E-state index contributed by atoms with van der Waals surface area (Å²) in [5, 5.41) is 11.4. The van der Waals surface area contributed by atoms with Crippen LogP contribution in [0.15, 0.2) is 12.2 Å². The summed E-state index contributed by atoms with van der Waals surface area (Å²) in [5.74, 6) is 3.03. The minimum absolute atomic E-state index is 0.0306. The molecule has 4 saturated carbocycles. The van der Waals surface area contributed by atoms with Gasteiger partial charge in [-0.25, -0.2) is 0 Å². The second-order valence-electron chi connectivity index (χ2n) is 17.4. The van der Waals surface area contributed by atoms with Crippen molar-refractivity contribution in [2.45, 2.75) is 188 Å². The van der Waals surface area contributed by atoms with Crippen LogP contribution in [0.4, 0.5) is 0 Å². The summed E-state index contributed by atoms with van der Waals surface area (Å²) in [6.07, 6.45) is 32.8. The highest BCUT2D eigenvalue weighted by atomic mass is 16.5. The Balaban J connectivity index is 1.13. The predicted molar refractivity (Wildman–Crippen MR) is 199 cm³/mol. The fourth-order valence-electron chi connectivity index (χ4n) is 11.5. The van der Waals surface area contributed by atoms with Crippen LogP contribution in [-0.4, -0.2) is 35.6 Å². The monoisotopic (exact) mass is 684 g/mol. The highest BCUT2D eigenvalue weighted by molar-refractivity contribution is 5.81. The standard InChI is InChI=1S/C43H73NO5/c1-5-6-7-8-9-10-11-12-13-14-15-16-17-18-19-41(48)49-34-26-28-42(3)33(30-34)21-22-35-37-24-23-36(43(37,4)29-27-38(35)42)32(2)20-25-39(45)44-31-40(46)47/h11-12,32-38H,5-10,13-31H2,1-4H3,(H,44,45)(H,46,47)/b12-11-. The molecule has 4 aliphatic rings. The molecule has 0 aliphatic heterocycles. The minimum atomic E-state index is -0.990. The summed E-state index contributed by atoms with van der Waals surface area (Å²) in [7, 11) is 0. The fourth-order valence-corrected chi connectivity index (χ4v) is 11.5. The number of carboxylic acid groups (broad SMARTS) is 1. The van der Waals surface area contributed by atoms with Gasteiger partial charge in [0.25, 0.3) is 0 Å². The van der Waals surface area contributed by atoms with E-state index in [1.165, 1.54) is 109 Å². The van der Waals surface area contributed by atoms with Gasteiger partial charge in [-0.1, -0.05) is 84.8 Å². The van der Waals surface area contributed by atoms with Crippen LogP contribution in [0.2, 0.25) is 0 Å². The maximum Gasteiger partial charge on any atom is 0.322 e. The normalized spacial score (nSPS) is 33.0. The lowest BCUT2D eigenvalue weighted by molar-refractivity contribution is -0.162. The maximum absolute atomic E-state index is 12.8. The topological polar surface area (TPSA) is 92.7 Å². The van der Waals surface area contributed by atoms with E-state index in [4.69, 9.17) is 9.84 Å². The van der Waals surface area contributed by atoms with Gasteiger partial charge in [-0.2, -0.15) is 0 Å².